The van der Waals surface area contributed by atoms with Crippen LogP contribution in [0.5, 0.6) is 0 Å². The third-order valence-corrected chi connectivity index (χ3v) is 4.15. The fourth-order valence-corrected chi connectivity index (χ4v) is 3.03. The van der Waals surface area contributed by atoms with Gasteiger partial charge in [0.2, 0.25) is 5.91 Å². The van der Waals surface area contributed by atoms with Gasteiger partial charge in [-0.25, -0.2) is 0 Å². The summed E-state index contributed by atoms with van der Waals surface area (Å²) in [5.41, 5.74) is 0. The molecular formula is C11H13N3OS2. The second-order valence-corrected chi connectivity index (χ2v) is 5.72. The van der Waals surface area contributed by atoms with Gasteiger partial charge in [-0.15, -0.1) is 16.4 Å². The number of hydrogen-bond donors (Lipinski definition) is 1. The Morgan fingerprint density at radius 1 is 1.59 bits per heavy atom. The smallest absolute Gasteiger partial charge is 0.239 e. The Balaban J connectivity index is 1.93. The second-order valence-electron chi connectivity index (χ2n) is 3.55. The SMILES string of the molecule is CCC[C@@H]1SC(=NN=Cc2cccs2)NC1=O. The number of thiophene rings is 1. The van der Waals surface area contributed by atoms with Crippen molar-refractivity contribution in [1.29, 1.82) is 0 Å². The van der Waals surface area contributed by atoms with Crippen molar-refractivity contribution in [3.8, 4) is 0 Å². The first kappa shape index (κ1) is 12.3. The molecule has 0 radical (unpaired) electrons. The number of nitrogens with one attached hydrogen (secondary N) is 1. The summed E-state index contributed by atoms with van der Waals surface area (Å²) in [5, 5.41) is 13.3. The molecule has 0 aliphatic carbocycles. The van der Waals surface area contributed by atoms with Crippen LogP contribution in [-0.2, 0) is 4.79 Å². The lowest BCUT2D eigenvalue weighted by Crippen LogP contribution is -2.24. The summed E-state index contributed by atoms with van der Waals surface area (Å²) in [6.45, 7) is 2.07. The maximum atomic E-state index is 11.5. The molecule has 1 fully saturated rings. The summed E-state index contributed by atoms with van der Waals surface area (Å²) in [6, 6.07) is 3.93. The highest BCUT2D eigenvalue weighted by molar-refractivity contribution is 8.15. The van der Waals surface area contributed by atoms with Gasteiger partial charge < -0.3 is 5.32 Å². The standard InChI is InChI=1S/C11H13N3OS2/c1-2-4-9-10(15)13-11(17-9)14-12-7-8-5-3-6-16-8/h3,5-7,9H,2,4H2,1H3,(H,13,14,15)/t9-/m0/s1. The minimum atomic E-state index is -0.00399. The van der Waals surface area contributed by atoms with Gasteiger partial charge >= 0.3 is 0 Å². The largest absolute Gasteiger partial charge is 0.303 e. The number of nitrogens with zero attached hydrogens (tertiary/aromatic N) is 2. The van der Waals surface area contributed by atoms with Crippen molar-refractivity contribution in [1.82, 2.24) is 5.32 Å². The van der Waals surface area contributed by atoms with Gasteiger partial charge in [0.15, 0.2) is 5.17 Å². The highest BCUT2D eigenvalue weighted by atomic mass is 32.2. The predicted molar refractivity (Wildman–Crippen MR) is 73.8 cm³/mol. The van der Waals surface area contributed by atoms with Gasteiger partial charge in [-0.3, -0.25) is 4.79 Å². The molecule has 2 heterocycles. The van der Waals surface area contributed by atoms with Crippen molar-refractivity contribution in [2.45, 2.75) is 25.0 Å². The van der Waals surface area contributed by atoms with E-state index in [1.165, 1.54) is 11.8 Å². The van der Waals surface area contributed by atoms with E-state index in [1.807, 2.05) is 17.5 Å². The third-order valence-electron chi connectivity index (χ3n) is 2.20. The van der Waals surface area contributed by atoms with E-state index in [2.05, 4.69) is 22.4 Å². The van der Waals surface area contributed by atoms with Crippen LogP contribution < -0.4 is 5.32 Å². The Hall–Kier alpha value is -1.14. The van der Waals surface area contributed by atoms with Crippen LogP contribution in [0, 0.1) is 0 Å². The molecule has 0 saturated carbocycles. The van der Waals surface area contributed by atoms with Gasteiger partial charge in [0, 0.05) is 4.88 Å². The number of amidine groups is 1. The molecule has 0 aromatic carbocycles. The molecule has 1 aliphatic rings. The van der Waals surface area contributed by atoms with E-state index < -0.39 is 0 Å². The lowest BCUT2D eigenvalue weighted by molar-refractivity contribution is -0.118. The molecule has 1 aromatic heterocycles. The average molecular weight is 267 g/mol. The normalized spacial score (nSPS) is 22.5. The number of carbonyl (C=O) groups is 1. The molecule has 17 heavy (non-hydrogen) atoms. The Morgan fingerprint density at radius 3 is 3.18 bits per heavy atom. The second kappa shape index (κ2) is 5.97. The van der Waals surface area contributed by atoms with Crippen molar-refractivity contribution in [2.75, 3.05) is 0 Å². The zero-order chi connectivity index (χ0) is 12.1. The zero-order valence-corrected chi connectivity index (χ0v) is 11.1. The Kier molecular flexibility index (Phi) is 4.33. The predicted octanol–water partition coefficient (Wildman–Crippen LogP) is 2.47. The minimum Gasteiger partial charge on any atom is -0.303 e. The van der Waals surface area contributed by atoms with Crippen molar-refractivity contribution < 1.29 is 4.79 Å². The van der Waals surface area contributed by atoms with Crippen molar-refractivity contribution in [3.05, 3.63) is 22.4 Å². The lowest BCUT2D eigenvalue weighted by atomic mass is 10.2. The number of amides is 1. The Labute approximate surface area is 108 Å². The number of thioether (sulfide) groups is 1. The number of carbonyl (C=O) groups excluding carboxylic acids is 1. The van der Waals surface area contributed by atoms with Gasteiger partial charge in [0.25, 0.3) is 0 Å². The monoisotopic (exact) mass is 267 g/mol. The first-order valence-corrected chi connectivity index (χ1v) is 7.17. The van der Waals surface area contributed by atoms with Crippen LogP contribution >= 0.6 is 23.1 Å². The van der Waals surface area contributed by atoms with Gasteiger partial charge in [0.05, 0.1) is 11.5 Å². The van der Waals surface area contributed by atoms with Crippen molar-refractivity contribution >= 4 is 40.4 Å². The molecule has 0 spiro atoms. The molecule has 0 bridgehead atoms. The van der Waals surface area contributed by atoms with E-state index in [0.717, 1.165) is 17.7 Å². The molecule has 0 unspecified atom stereocenters. The molecule has 1 aromatic rings. The summed E-state index contributed by atoms with van der Waals surface area (Å²) in [4.78, 5) is 12.6. The number of hydrogen-bond acceptors (Lipinski definition) is 5. The fourth-order valence-electron chi connectivity index (χ4n) is 1.41. The van der Waals surface area contributed by atoms with Crippen LogP contribution in [0.15, 0.2) is 27.7 Å². The van der Waals surface area contributed by atoms with E-state index >= 15 is 0 Å². The van der Waals surface area contributed by atoms with Crippen LogP contribution in [0.3, 0.4) is 0 Å². The highest BCUT2D eigenvalue weighted by Gasteiger charge is 2.29. The van der Waals surface area contributed by atoms with Gasteiger partial charge in [-0.1, -0.05) is 31.2 Å². The van der Waals surface area contributed by atoms with Crippen LogP contribution in [0.1, 0.15) is 24.6 Å². The van der Waals surface area contributed by atoms with Gasteiger partial charge in [0.1, 0.15) is 0 Å². The topological polar surface area (TPSA) is 53.8 Å². The van der Waals surface area contributed by atoms with Crippen LogP contribution in [0.2, 0.25) is 0 Å². The van der Waals surface area contributed by atoms with E-state index in [9.17, 15) is 4.79 Å². The van der Waals surface area contributed by atoms with E-state index in [4.69, 9.17) is 0 Å². The summed E-state index contributed by atoms with van der Waals surface area (Å²) in [6.07, 6.45) is 3.57. The maximum Gasteiger partial charge on any atom is 0.239 e. The van der Waals surface area contributed by atoms with E-state index in [0.29, 0.717) is 5.17 Å². The summed E-state index contributed by atoms with van der Waals surface area (Å²) in [7, 11) is 0. The third kappa shape index (κ3) is 3.41. The molecule has 2 rings (SSSR count). The molecule has 1 saturated heterocycles. The summed E-state index contributed by atoms with van der Waals surface area (Å²) in [5.74, 6) is 0.0434. The molecule has 1 amide bonds. The lowest BCUT2D eigenvalue weighted by Gasteiger charge is -1.99. The first-order valence-electron chi connectivity index (χ1n) is 5.41. The number of rotatable bonds is 4. The van der Waals surface area contributed by atoms with Crippen LogP contribution in [0.4, 0.5) is 0 Å². The molecule has 1 atom stereocenters. The Morgan fingerprint density at radius 2 is 2.47 bits per heavy atom. The van der Waals surface area contributed by atoms with Crippen molar-refractivity contribution in [3.63, 3.8) is 0 Å². The minimum absolute atomic E-state index is 0.00399. The van der Waals surface area contributed by atoms with E-state index in [1.54, 1.807) is 17.6 Å². The Bertz CT molecular complexity index is 440. The summed E-state index contributed by atoms with van der Waals surface area (Å²) >= 11 is 3.06. The molecule has 6 heteroatoms. The van der Waals surface area contributed by atoms with Crippen molar-refractivity contribution in [2.24, 2.45) is 10.2 Å². The van der Waals surface area contributed by atoms with Gasteiger partial charge in [-0.05, 0) is 17.9 Å². The molecule has 1 aliphatic heterocycles. The van der Waals surface area contributed by atoms with Gasteiger partial charge in [-0.2, -0.15) is 5.10 Å². The highest BCUT2D eigenvalue weighted by Crippen LogP contribution is 2.23. The molecule has 4 nitrogen and oxygen atoms in total. The van der Waals surface area contributed by atoms with Crippen LogP contribution in [-0.4, -0.2) is 22.5 Å². The quantitative estimate of drug-likeness (QED) is 0.673. The first-order chi connectivity index (χ1) is 8.29. The zero-order valence-electron chi connectivity index (χ0n) is 9.42. The fraction of sp³-hybridized carbons (Fsp3) is 0.364. The average Bonchev–Trinajstić information content (AvgIpc) is 2.91. The van der Waals surface area contributed by atoms with E-state index in [-0.39, 0.29) is 11.2 Å². The molecule has 90 valence electrons. The molecular weight excluding hydrogens is 254 g/mol. The molecule has 1 N–H and O–H groups in total. The van der Waals surface area contributed by atoms with Crippen LogP contribution in [0.25, 0.3) is 0 Å². The summed E-state index contributed by atoms with van der Waals surface area (Å²) < 4.78 is 0. The maximum absolute atomic E-state index is 11.5.